The van der Waals surface area contributed by atoms with Gasteiger partial charge >= 0.3 is 12.1 Å². The van der Waals surface area contributed by atoms with Crippen molar-refractivity contribution < 1.29 is 27.9 Å². The first-order chi connectivity index (χ1) is 9.88. The number of alkyl halides is 3. The van der Waals surface area contributed by atoms with Crippen LogP contribution in [0.1, 0.15) is 37.7 Å². The van der Waals surface area contributed by atoms with Crippen LogP contribution in [-0.4, -0.2) is 44.2 Å². The Morgan fingerprint density at radius 1 is 1.36 bits per heavy atom. The van der Waals surface area contributed by atoms with Gasteiger partial charge in [0.2, 0.25) is 5.91 Å². The lowest BCUT2D eigenvalue weighted by molar-refractivity contribution is -0.167. The molecule has 0 spiro atoms. The summed E-state index contributed by atoms with van der Waals surface area (Å²) in [5.41, 5.74) is -1.02. The van der Waals surface area contributed by atoms with Gasteiger partial charge in [-0.15, -0.1) is 5.10 Å². The van der Waals surface area contributed by atoms with E-state index in [9.17, 15) is 22.8 Å². The average molecular weight is 322 g/mol. The molecule has 7 nitrogen and oxygen atoms in total. The molecule has 1 rings (SSSR count). The Morgan fingerprint density at radius 2 is 1.95 bits per heavy atom. The van der Waals surface area contributed by atoms with Crippen LogP contribution in [-0.2, 0) is 11.3 Å². The molecule has 0 aromatic carbocycles. The molecular weight excluding hydrogens is 305 g/mol. The number of rotatable bonds is 5. The SMILES string of the molecule is CC(C)(C)CC(NC(=O)Cn1cc(C(=O)O)nn1)C(F)(F)F. The minimum atomic E-state index is -4.57. The molecule has 22 heavy (non-hydrogen) atoms. The van der Waals surface area contributed by atoms with E-state index in [4.69, 9.17) is 5.11 Å². The van der Waals surface area contributed by atoms with Crippen LogP contribution in [0.25, 0.3) is 0 Å². The Kier molecular flexibility index (Phi) is 5.15. The molecule has 0 radical (unpaired) electrons. The molecule has 1 heterocycles. The maximum Gasteiger partial charge on any atom is 0.408 e. The van der Waals surface area contributed by atoms with Crippen molar-refractivity contribution in [2.75, 3.05) is 0 Å². The lowest BCUT2D eigenvalue weighted by Crippen LogP contribution is -2.48. The van der Waals surface area contributed by atoms with E-state index in [0.717, 1.165) is 10.9 Å². The van der Waals surface area contributed by atoms with Crippen LogP contribution >= 0.6 is 0 Å². The molecule has 0 aliphatic rings. The highest BCUT2D eigenvalue weighted by Crippen LogP contribution is 2.30. The molecule has 2 N–H and O–H groups in total. The van der Waals surface area contributed by atoms with Crippen LogP contribution in [0.5, 0.6) is 0 Å². The highest BCUT2D eigenvalue weighted by molar-refractivity contribution is 5.84. The normalized spacial score (nSPS) is 13.7. The first-order valence-electron chi connectivity index (χ1n) is 6.38. The number of nitrogens with one attached hydrogen (secondary N) is 1. The fourth-order valence-electron chi connectivity index (χ4n) is 1.72. The third kappa shape index (κ3) is 5.70. The van der Waals surface area contributed by atoms with Gasteiger partial charge in [0.25, 0.3) is 0 Å². The fraction of sp³-hybridized carbons (Fsp3) is 0.667. The topological polar surface area (TPSA) is 97.1 Å². The minimum Gasteiger partial charge on any atom is -0.476 e. The summed E-state index contributed by atoms with van der Waals surface area (Å²) in [6, 6.07) is -1.98. The molecule has 0 saturated heterocycles. The van der Waals surface area contributed by atoms with Crippen molar-refractivity contribution in [3.63, 3.8) is 0 Å². The average Bonchev–Trinajstić information content (AvgIpc) is 2.73. The number of carbonyl (C=O) groups is 2. The van der Waals surface area contributed by atoms with Crippen molar-refractivity contribution in [3.8, 4) is 0 Å². The zero-order valence-electron chi connectivity index (χ0n) is 12.3. The summed E-state index contributed by atoms with van der Waals surface area (Å²) in [7, 11) is 0. The van der Waals surface area contributed by atoms with E-state index in [0.29, 0.717) is 0 Å². The number of hydrogen-bond donors (Lipinski definition) is 2. The maximum atomic E-state index is 12.9. The Balaban J connectivity index is 2.72. The predicted molar refractivity (Wildman–Crippen MR) is 69.0 cm³/mol. The second kappa shape index (κ2) is 6.32. The van der Waals surface area contributed by atoms with E-state index in [1.165, 1.54) is 0 Å². The number of halogens is 3. The van der Waals surface area contributed by atoms with Crippen LogP contribution in [0.2, 0.25) is 0 Å². The number of carbonyl (C=O) groups excluding carboxylic acids is 1. The molecule has 0 saturated carbocycles. The molecule has 1 amide bonds. The van der Waals surface area contributed by atoms with Crippen molar-refractivity contribution in [1.29, 1.82) is 0 Å². The summed E-state index contributed by atoms with van der Waals surface area (Å²) < 4.78 is 39.7. The van der Waals surface area contributed by atoms with E-state index in [1.54, 1.807) is 20.8 Å². The van der Waals surface area contributed by atoms with Crippen molar-refractivity contribution in [3.05, 3.63) is 11.9 Å². The molecule has 1 unspecified atom stereocenters. The largest absolute Gasteiger partial charge is 0.476 e. The molecular formula is C12H17F3N4O3. The first kappa shape index (κ1) is 17.9. The van der Waals surface area contributed by atoms with E-state index >= 15 is 0 Å². The quantitative estimate of drug-likeness (QED) is 0.855. The number of aromatic nitrogens is 3. The summed E-state index contributed by atoms with van der Waals surface area (Å²) in [6.07, 6.45) is -3.88. The lowest BCUT2D eigenvalue weighted by atomic mass is 9.88. The monoisotopic (exact) mass is 322 g/mol. The summed E-state index contributed by atoms with van der Waals surface area (Å²) >= 11 is 0. The summed E-state index contributed by atoms with van der Waals surface area (Å²) in [5, 5.41) is 17.2. The third-order valence-corrected chi connectivity index (χ3v) is 2.61. The van der Waals surface area contributed by atoms with Gasteiger partial charge in [0.05, 0.1) is 6.20 Å². The second-order valence-corrected chi connectivity index (χ2v) is 6.03. The second-order valence-electron chi connectivity index (χ2n) is 6.03. The molecule has 10 heteroatoms. The van der Waals surface area contributed by atoms with Gasteiger partial charge in [-0.05, 0) is 11.8 Å². The van der Waals surface area contributed by atoms with Crippen molar-refractivity contribution in [2.24, 2.45) is 5.41 Å². The molecule has 0 aliphatic carbocycles. The number of carboxylic acid groups (broad SMARTS) is 1. The van der Waals surface area contributed by atoms with Crippen LogP contribution in [0.15, 0.2) is 6.20 Å². The van der Waals surface area contributed by atoms with Gasteiger partial charge in [-0.2, -0.15) is 13.2 Å². The van der Waals surface area contributed by atoms with Crippen LogP contribution in [0.3, 0.4) is 0 Å². The first-order valence-corrected chi connectivity index (χ1v) is 6.38. The van der Waals surface area contributed by atoms with Gasteiger partial charge < -0.3 is 10.4 Å². The van der Waals surface area contributed by atoms with Crippen LogP contribution < -0.4 is 5.32 Å². The summed E-state index contributed by atoms with van der Waals surface area (Å²) in [4.78, 5) is 22.3. The maximum absolute atomic E-state index is 12.9. The third-order valence-electron chi connectivity index (χ3n) is 2.61. The van der Waals surface area contributed by atoms with E-state index in [1.807, 2.05) is 5.32 Å². The standard InChI is InChI=1S/C12H17F3N4O3/c1-11(2,3)4-8(12(13,14)15)16-9(20)6-19-5-7(10(21)22)17-18-19/h5,8H,4,6H2,1-3H3,(H,16,20)(H,21,22). The van der Waals surface area contributed by atoms with Gasteiger partial charge in [0, 0.05) is 0 Å². The number of carboxylic acids is 1. The molecule has 0 bridgehead atoms. The molecule has 1 aromatic rings. The van der Waals surface area contributed by atoms with Crippen LogP contribution in [0, 0.1) is 5.41 Å². The predicted octanol–water partition coefficient (Wildman–Crippen LogP) is 1.46. The zero-order chi connectivity index (χ0) is 17.1. The smallest absolute Gasteiger partial charge is 0.408 e. The molecule has 1 atom stereocenters. The Morgan fingerprint density at radius 3 is 2.36 bits per heavy atom. The van der Waals surface area contributed by atoms with Gasteiger partial charge in [-0.25, -0.2) is 9.48 Å². The van der Waals surface area contributed by atoms with Crippen molar-refractivity contribution >= 4 is 11.9 Å². The summed E-state index contributed by atoms with van der Waals surface area (Å²) in [6.45, 7) is 4.36. The van der Waals surface area contributed by atoms with E-state index in [-0.39, 0.29) is 6.42 Å². The number of aromatic carboxylic acids is 1. The number of amides is 1. The van der Waals surface area contributed by atoms with Gasteiger partial charge in [0.15, 0.2) is 5.69 Å². The zero-order valence-corrected chi connectivity index (χ0v) is 12.3. The van der Waals surface area contributed by atoms with Gasteiger partial charge in [0.1, 0.15) is 12.6 Å². The Labute approximate surface area is 124 Å². The fourth-order valence-corrected chi connectivity index (χ4v) is 1.72. The van der Waals surface area contributed by atoms with Gasteiger partial charge in [-0.1, -0.05) is 26.0 Å². The minimum absolute atomic E-state index is 0.278. The molecule has 0 aliphatic heterocycles. The molecule has 124 valence electrons. The number of hydrogen-bond acceptors (Lipinski definition) is 4. The number of nitrogens with zero attached hydrogens (tertiary/aromatic N) is 3. The highest BCUT2D eigenvalue weighted by Gasteiger charge is 2.42. The Hall–Kier alpha value is -2.13. The summed E-state index contributed by atoms with van der Waals surface area (Å²) in [5.74, 6) is -2.26. The molecule has 1 aromatic heterocycles. The van der Waals surface area contributed by atoms with Crippen molar-refractivity contribution in [1.82, 2.24) is 20.3 Å². The highest BCUT2D eigenvalue weighted by atomic mass is 19.4. The van der Waals surface area contributed by atoms with Crippen molar-refractivity contribution in [2.45, 2.75) is 46.0 Å². The van der Waals surface area contributed by atoms with E-state index in [2.05, 4.69) is 10.3 Å². The van der Waals surface area contributed by atoms with E-state index < -0.39 is 41.7 Å². The Bertz CT molecular complexity index is 549. The van der Waals surface area contributed by atoms with Crippen LogP contribution in [0.4, 0.5) is 13.2 Å². The molecule has 0 fully saturated rings. The lowest BCUT2D eigenvalue weighted by Gasteiger charge is -2.28. The van der Waals surface area contributed by atoms with Gasteiger partial charge in [-0.3, -0.25) is 4.79 Å².